The molecule has 5 nitrogen and oxygen atoms in total. The van der Waals surface area contributed by atoms with Gasteiger partial charge in [-0.3, -0.25) is 9.59 Å². The third-order valence-corrected chi connectivity index (χ3v) is 4.70. The number of amides is 1. The number of methoxy groups -OCH3 is 1. The summed E-state index contributed by atoms with van der Waals surface area (Å²) in [6.07, 6.45) is 3.11. The van der Waals surface area contributed by atoms with Crippen LogP contribution in [-0.4, -0.2) is 36.2 Å². The maximum Gasteiger partial charge on any atom is 0.315 e. The first-order valence-corrected chi connectivity index (χ1v) is 7.53. The summed E-state index contributed by atoms with van der Waals surface area (Å²) in [5.41, 5.74) is -0.819. The predicted octanol–water partition coefficient (Wildman–Crippen LogP) is 2.10. The second-order valence-corrected chi connectivity index (χ2v) is 6.20. The van der Waals surface area contributed by atoms with E-state index in [9.17, 15) is 14.7 Å². The van der Waals surface area contributed by atoms with Crippen molar-refractivity contribution in [2.75, 3.05) is 13.7 Å². The van der Waals surface area contributed by atoms with Gasteiger partial charge in [0.25, 0.3) is 0 Å². The number of carboxylic acid groups (broad SMARTS) is 1. The lowest BCUT2D eigenvalue weighted by atomic mass is 9.77. The average molecular weight is 305 g/mol. The zero-order chi connectivity index (χ0) is 16.2. The molecule has 0 bridgehead atoms. The predicted molar refractivity (Wildman–Crippen MR) is 82.6 cm³/mol. The van der Waals surface area contributed by atoms with Crippen molar-refractivity contribution in [3.63, 3.8) is 0 Å². The van der Waals surface area contributed by atoms with Gasteiger partial charge in [-0.05, 0) is 31.7 Å². The van der Waals surface area contributed by atoms with E-state index in [-0.39, 0.29) is 24.5 Å². The number of benzene rings is 1. The fourth-order valence-electron chi connectivity index (χ4n) is 2.76. The van der Waals surface area contributed by atoms with Crippen molar-refractivity contribution in [1.82, 2.24) is 5.32 Å². The summed E-state index contributed by atoms with van der Waals surface area (Å²) in [5, 5.41) is 12.3. The summed E-state index contributed by atoms with van der Waals surface area (Å²) >= 11 is 0. The van der Waals surface area contributed by atoms with Gasteiger partial charge in [-0.25, -0.2) is 0 Å². The van der Waals surface area contributed by atoms with Crippen LogP contribution in [0.5, 0.6) is 0 Å². The molecule has 0 aliphatic heterocycles. The molecule has 1 aliphatic carbocycles. The minimum Gasteiger partial charge on any atom is -0.481 e. The number of carbonyl (C=O) groups is 2. The molecule has 1 amide bonds. The van der Waals surface area contributed by atoms with E-state index in [0.717, 1.165) is 19.3 Å². The molecular weight excluding hydrogens is 282 g/mol. The highest BCUT2D eigenvalue weighted by Crippen LogP contribution is 2.37. The average Bonchev–Trinajstić information content (AvgIpc) is 2.49. The Balaban J connectivity index is 2.00. The summed E-state index contributed by atoms with van der Waals surface area (Å²) in [6, 6.07) is 8.97. The highest BCUT2D eigenvalue weighted by Gasteiger charge is 2.40. The SMILES string of the molecule is COC1(CC(=O)NCC(C)(C(=O)O)c2ccccc2)CCC1. The second-order valence-electron chi connectivity index (χ2n) is 6.20. The van der Waals surface area contributed by atoms with Gasteiger partial charge in [0.1, 0.15) is 5.41 Å². The van der Waals surface area contributed by atoms with E-state index in [1.54, 1.807) is 38.3 Å². The molecule has 0 aromatic heterocycles. The maximum atomic E-state index is 12.1. The standard InChI is InChI=1S/C17H23NO4/c1-16(15(20)21,13-7-4-3-5-8-13)12-18-14(19)11-17(22-2)9-6-10-17/h3-5,7-8H,6,9-12H2,1-2H3,(H,18,19)(H,20,21). The van der Waals surface area contributed by atoms with Gasteiger partial charge in [0.2, 0.25) is 5.91 Å². The van der Waals surface area contributed by atoms with Gasteiger partial charge in [0, 0.05) is 13.7 Å². The highest BCUT2D eigenvalue weighted by atomic mass is 16.5. The van der Waals surface area contributed by atoms with Gasteiger partial charge >= 0.3 is 5.97 Å². The van der Waals surface area contributed by atoms with E-state index in [1.165, 1.54) is 0 Å². The third-order valence-electron chi connectivity index (χ3n) is 4.70. The Morgan fingerprint density at radius 2 is 1.95 bits per heavy atom. The summed E-state index contributed by atoms with van der Waals surface area (Å²) in [7, 11) is 1.62. The minimum atomic E-state index is -1.14. The van der Waals surface area contributed by atoms with Crippen LogP contribution in [0.25, 0.3) is 0 Å². The summed E-state index contributed by atoms with van der Waals surface area (Å²) < 4.78 is 5.43. The zero-order valence-electron chi connectivity index (χ0n) is 13.1. The number of nitrogens with one attached hydrogen (secondary N) is 1. The van der Waals surface area contributed by atoms with Gasteiger partial charge < -0.3 is 15.2 Å². The molecule has 5 heteroatoms. The number of carbonyl (C=O) groups excluding carboxylic acids is 1. The number of carboxylic acids is 1. The highest BCUT2D eigenvalue weighted by molar-refractivity contribution is 5.83. The Labute approximate surface area is 130 Å². The van der Waals surface area contributed by atoms with Gasteiger partial charge in [-0.1, -0.05) is 30.3 Å². The third kappa shape index (κ3) is 3.30. The van der Waals surface area contributed by atoms with Crippen LogP contribution in [0.15, 0.2) is 30.3 Å². The van der Waals surface area contributed by atoms with Crippen molar-refractivity contribution >= 4 is 11.9 Å². The van der Waals surface area contributed by atoms with E-state index in [0.29, 0.717) is 5.56 Å². The molecule has 1 aliphatic rings. The quantitative estimate of drug-likeness (QED) is 0.809. The van der Waals surface area contributed by atoms with Crippen molar-refractivity contribution in [3.8, 4) is 0 Å². The van der Waals surface area contributed by atoms with E-state index in [2.05, 4.69) is 5.32 Å². The smallest absolute Gasteiger partial charge is 0.315 e. The molecule has 1 aromatic carbocycles. The first kappa shape index (κ1) is 16.5. The van der Waals surface area contributed by atoms with Gasteiger partial charge in [-0.15, -0.1) is 0 Å². The van der Waals surface area contributed by atoms with Crippen LogP contribution >= 0.6 is 0 Å². The van der Waals surface area contributed by atoms with Gasteiger partial charge in [0.05, 0.1) is 12.0 Å². The normalized spacial score (nSPS) is 18.8. The molecule has 1 saturated carbocycles. The molecule has 1 fully saturated rings. The zero-order valence-corrected chi connectivity index (χ0v) is 13.1. The van der Waals surface area contributed by atoms with E-state index >= 15 is 0 Å². The molecule has 0 spiro atoms. The Hall–Kier alpha value is -1.88. The topological polar surface area (TPSA) is 75.6 Å². The molecule has 2 N–H and O–H groups in total. The molecule has 2 rings (SSSR count). The number of rotatable bonds is 7. The van der Waals surface area contributed by atoms with Crippen LogP contribution in [0.1, 0.15) is 38.2 Å². The molecule has 120 valence electrons. The summed E-state index contributed by atoms with van der Waals surface area (Å²) in [6.45, 7) is 1.69. The van der Waals surface area contributed by atoms with Crippen LogP contribution in [0.4, 0.5) is 0 Å². The van der Waals surface area contributed by atoms with Crippen molar-refractivity contribution in [1.29, 1.82) is 0 Å². The lowest BCUT2D eigenvalue weighted by molar-refractivity contribution is -0.143. The monoisotopic (exact) mass is 305 g/mol. The molecule has 1 aromatic rings. The number of hydrogen-bond acceptors (Lipinski definition) is 3. The Morgan fingerprint density at radius 1 is 1.32 bits per heavy atom. The summed E-state index contributed by atoms with van der Waals surface area (Å²) in [5.74, 6) is -1.12. The fourth-order valence-corrected chi connectivity index (χ4v) is 2.76. The maximum absolute atomic E-state index is 12.1. The van der Waals surface area contributed by atoms with Crippen molar-refractivity contribution in [3.05, 3.63) is 35.9 Å². The largest absolute Gasteiger partial charge is 0.481 e. The van der Waals surface area contributed by atoms with E-state index in [4.69, 9.17) is 4.74 Å². The Kier molecular flexibility index (Phi) is 4.86. The van der Waals surface area contributed by atoms with Crippen LogP contribution in [-0.2, 0) is 19.7 Å². The molecule has 1 unspecified atom stereocenters. The Morgan fingerprint density at radius 3 is 2.41 bits per heavy atom. The first-order chi connectivity index (χ1) is 10.4. The van der Waals surface area contributed by atoms with Crippen LogP contribution < -0.4 is 5.32 Å². The van der Waals surface area contributed by atoms with Gasteiger partial charge in [0.15, 0.2) is 0 Å². The second kappa shape index (κ2) is 6.48. The van der Waals surface area contributed by atoms with Gasteiger partial charge in [-0.2, -0.15) is 0 Å². The lowest BCUT2D eigenvalue weighted by Gasteiger charge is -2.40. The minimum absolute atomic E-state index is 0.0605. The molecular formula is C17H23NO4. The van der Waals surface area contributed by atoms with Crippen molar-refractivity contribution in [2.24, 2.45) is 0 Å². The molecule has 0 radical (unpaired) electrons. The lowest BCUT2D eigenvalue weighted by Crippen LogP contribution is -2.48. The first-order valence-electron chi connectivity index (χ1n) is 7.53. The van der Waals surface area contributed by atoms with Crippen molar-refractivity contribution in [2.45, 2.75) is 43.6 Å². The number of ether oxygens (including phenoxy) is 1. The number of aliphatic carboxylic acids is 1. The molecule has 0 saturated heterocycles. The van der Waals surface area contributed by atoms with Crippen LogP contribution in [0.3, 0.4) is 0 Å². The van der Waals surface area contributed by atoms with Crippen LogP contribution in [0, 0.1) is 0 Å². The van der Waals surface area contributed by atoms with Crippen molar-refractivity contribution < 1.29 is 19.4 Å². The summed E-state index contributed by atoms with van der Waals surface area (Å²) in [4.78, 5) is 23.8. The Bertz CT molecular complexity index is 533. The molecule has 0 heterocycles. The number of hydrogen-bond donors (Lipinski definition) is 2. The van der Waals surface area contributed by atoms with E-state index < -0.39 is 11.4 Å². The molecule has 22 heavy (non-hydrogen) atoms. The van der Waals surface area contributed by atoms with Crippen LogP contribution in [0.2, 0.25) is 0 Å². The fraction of sp³-hybridized carbons (Fsp3) is 0.529. The van der Waals surface area contributed by atoms with E-state index in [1.807, 2.05) is 6.07 Å². The molecule has 1 atom stereocenters.